The van der Waals surface area contributed by atoms with Crippen molar-refractivity contribution in [1.29, 1.82) is 0 Å². The monoisotopic (exact) mass is 225 g/mol. The van der Waals surface area contributed by atoms with Gasteiger partial charge in [-0.3, -0.25) is 0 Å². The van der Waals surface area contributed by atoms with Gasteiger partial charge in [-0.1, -0.05) is 20.8 Å². The zero-order valence-electron chi connectivity index (χ0n) is 11.2. The molecule has 2 saturated carbocycles. The molecule has 0 saturated heterocycles. The van der Waals surface area contributed by atoms with Gasteiger partial charge < -0.3 is 10.0 Å². The molecule has 0 bridgehead atoms. The minimum atomic E-state index is -0.0586. The highest BCUT2D eigenvalue weighted by atomic mass is 16.3. The highest BCUT2D eigenvalue weighted by Gasteiger charge is 2.42. The SMILES string of the molecule is CC1CCC(O)CC1N(C)C1CC(C)(C)C1. The molecule has 0 aliphatic heterocycles. The van der Waals surface area contributed by atoms with Gasteiger partial charge in [0.1, 0.15) is 0 Å². The molecular formula is C14H27NO. The van der Waals surface area contributed by atoms with Crippen molar-refractivity contribution < 1.29 is 5.11 Å². The normalized spacial score (nSPS) is 39.8. The molecule has 16 heavy (non-hydrogen) atoms. The molecule has 2 aliphatic carbocycles. The van der Waals surface area contributed by atoms with Gasteiger partial charge in [0.05, 0.1) is 6.10 Å². The molecule has 0 aromatic carbocycles. The minimum absolute atomic E-state index is 0.0586. The quantitative estimate of drug-likeness (QED) is 0.781. The molecular weight excluding hydrogens is 198 g/mol. The molecule has 2 fully saturated rings. The van der Waals surface area contributed by atoms with Crippen molar-refractivity contribution in [1.82, 2.24) is 4.90 Å². The predicted octanol–water partition coefficient (Wildman–Crippen LogP) is 2.66. The summed E-state index contributed by atoms with van der Waals surface area (Å²) in [5, 5.41) is 9.79. The van der Waals surface area contributed by atoms with Crippen LogP contribution in [0.1, 0.15) is 52.9 Å². The number of rotatable bonds is 2. The van der Waals surface area contributed by atoms with E-state index in [-0.39, 0.29) is 6.10 Å². The average molecular weight is 225 g/mol. The van der Waals surface area contributed by atoms with Crippen molar-refractivity contribution in [3.63, 3.8) is 0 Å². The van der Waals surface area contributed by atoms with Crippen LogP contribution in [0.25, 0.3) is 0 Å². The molecule has 0 aromatic rings. The maximum absolute atomic E-state index is 9.79. The van der Waals surface area contributed by atoms with Crippen LogP contribution in [0.4, 0.5) is 0 Å². The lowest BCUT2D eigenvalue weighted by atomic mass is 9.67. The number of aliphatic hydroxyl groups is 1. The van der Waals surface area contributed by atoms with Gasteiger partial charge in [-0.05, 0) is 50.5 Å². The number of aliphatic hydroxyl groups excluding tert-OH is 1. The Bertz CT molecular complexity index is 243. The van der Waals surface area contributed by atoms with Crippen LogP contribution in [0.5, 0.6) is 0 Å². The molecule has 94 valence electrons. The van der Waals surface area contributed by atoms with Gasteiger partial charge in [0.15, 0.2) is 0 Å². The summed E-state index contributed by atoms with van der Waals surface area (Å²) in [5.41, 5.74) is 0.551. The molecule has 2 nitrogen and oxygen atoms in total. The van der Waals surface area contributed by atoms with E-state index in [1.165, 1.54) is 19.3 Å². The van der Waals surface area contributed by atoms with Crippen molar-refractivity contribution >= 4 is 0 Å². The molecule has 3 atom stereocenters. The van der Waals surface area contributed by atoms with E-state index in [1.807, 2.05) is 0 Å². The summed E-state index contributed by atoms with van der Waals surface area (Å²) in [6.07, 6.45) is 5.76. The second-order valence-electron chi connectivity index (χ2n) is 6.90. The first-order chi connectivity index (χ1) is 7.39. The number of hydrogen-bond acceptors (Lipinski definition) is 2. The summed E-state index contributed by atoms with van der Waals surface area (Å²) in [6.45, 7) is 7.06. The predicted molar refractivity (Wildman–Crippen MR) is 67.4 cm³/mol. The first kappa shape index (κ1) is 12.4. The van der Waals surface area contributed by atoms with Crippen molar-refractivity contribution in [2.24, 2.45) is 11.3 Å². The molecule has 0 aromatic heterocycles. The molecule has 0 spiro atoms. The van der Waals surface area contributed by atoms with E-state index in [9.17, 15) is 5.11 Å². The highest BCUT2D eigenvalue weighted by molar-refractivity contribution is 4.96. The Hall–Kier alpha value is -0.0800. The lowest BCUT2D eigenvalue weighted by Gasteiger charge is -2.51. The summed E-state index contributed by atoms with van der Waals surface area (Å²) < 4.78 is 0. The third kappa shape index (κ3) is 2.43. The Morgan fingerprint density at radius 3 is 2.38 bits per heavy atom. The van der Waals surface area contributed by atoms with Gasteiger partial charge in [0, 0.05) is 12.1 Å². The van der Waals surface area contributed by atoms with E-state index in [0.717, 1.165) is 24.8 Å². The van der Waals surface area contributed by atoms with Crippen LogP contribution in [0.3, 0.4) is 0 Å². The Morgan fingerprint density at radius 2 is 1.81 bits per heavy atom. The summed E-state index contributed by atoms with van der Waals surface area (Å²) >= 11 is 0. The third-order valence-electron chi connectivity index (χ3n) is 4.80. The summed E-state index contributed by atoms with van der Waals surface area (Å²) in [4.78, 5) is 2.55. The van der Waals surface area contributed by atoms with Gasteiger partial charge in [-0.25, -0.2) is 0 Å². The molecule has 2 aliphatic rings. The maximum Gasteiger partial charge on any atom is 0.0555 e. The van der Waals surface area contributed by atoms with E-state index in [2.05, 4.69) is 32.7 Å². The molecule has 0 radical (unpaired) electrons. The fraction of sp³-hybridized carbons (Fsp3) is 1.00. The molecule has 0 amide bonds. The van der Waals surface area contributed by atoms with Gasteiger partial charge >= 0.3 is 0 Å². The van der Waals surface area contributed by atoms with Gasteiger partial charge in [-0.15, -0.1) is 0 Å². The standard InChI is InChI=1S/C14H27NO/c1-10-5-6-12(16)7-13(10)15(4)11-8-14(2,3)9-11/h10-13,16H,5-9H2,1-4H3. The van der Waals surface area contributed by atoms with Gasteiger partial charge in [-0.2, -0.15) is 0 Å². The Balaban J connectivity index is 1.91. The highest BCUT2D eigenvalue weighted by Crippen LogP contribution is 2.44. The second-order valence-corrected chi connectivity index (χ2v) is 6.90. The van der Waals surface area contributed by atoms with Crippen molar-refractivity contribution in [2.75, 3.05) is 7.05 Å². The van der Waals surface area contributed by atoms with Crippen LogP contribution in [-0.4, -0.2) is 35.2 Å². The minimum Gasteiger partial charge on any atom is -0.393 e. The first-order valence-electron chi connectivity index (χ1n) is 6.79. The van der Waals surface area contributed by atoms with E-state index in [4.69, 9.17) is 0 Å². The number of nitrogens with zero attached hydrogens (tertiary/aromatic N) is 1. The summed E-state index contributed by atoms with van der Waals surface area (Å²) in [5.74, 6) is 0.747. The zero-order chi connectivity index (χ0) is 11.9. The van der Waals surface area contributed by atoms with Crippen LogP contribution in [0, 0.1) is 11.3 Å². The Labute approximate surface area is 100 Å². The fourth-order valence-corrected chi connectivity index (χ4v) is 3.62. The van der Waals surface area contributed by atoms with Crippen molar-refractivity contribution in [3.05, 3.63) is 0 Å². The van der Waals surface area contributed by atoms with Crippen LogP contribution in [-0.2, 0) is 0 Å². The molecule has 1 N–H and O–H groups in total. The molecule has 3 unspecified atom stereocenters. The topological polar surface area (TPSA) is 23.5 Å². The van der Waals surface area contributed by atoms with Crippen molar-refractivity contribution in [2.45, 2.75) is 71.1 Å². The van der Waals surface area contributed by atoms with E-state index < -0.39 is 0 Å². The molecule has 2 heteroatoms. The average Bonchev–Trinajstić information content (AvgIpc) is 2.17. The number of hydrogen-bond donors (Lipinski definition) is 1. The smallest absolute Gasteiger partial charge is 0.0555 e. The fourth-order valence-electron chi connectivity index (χ4n) is 3.62. The first-order valence-corrected chi connectivity index (χ1v) is 6.79. The van der Waals surface area contributed by atoms with Crippen LogP contribution in [0.2, 0.25) is 0 Å². The van der Waals surface area contributed by atoms with E-state index >= 15 is 0 Å². The third-order valence-corrected chi connectivity index (χ3v) is 4.80. The van der Waals surface area contributed by atoms with Gasteiger partial charge in [0.25, 0.3) is 0 Å². The zero-order valence-corrected chi connectivity index (χ0v) is 11.2. The maximum atomic E-state index is 9.79. The summed E-state index contributed by atoms with van der Waals surface area (Å²) in [7, 11) is 2.26. The van der Waals surface area contributed by atoms with Gasteiger partial charge in [0.2, 0.25) is 0 Å². The van der Waals surface area contributed by atoms with Crippen LogP contribution >= 0.6 is 0 Å². The molecule has 2 rings (SSSR count). The Kier molecular flexibility index (Phi) is 3.33. The summed E-state index contributed by atoms with van der Waals surface area (Å²) in [6, 6.07) is 1.36. The lowest BCUT2D eigenvalue weighted by molar-refractivity contribution is -0.0302. The lowest BCUT2D eigenvalue weighted by Crippen LogP contribution is -2.54. The largest absolute Gasteiger partial charge is 0.393 e. The van der Waals surface area contributed by atoms with E-state index in [1.54, 1.807) is 0 Å². The second kappa shape index (κ2) is 4.30. The van der Waals surface area contributed by atoms with Crippen LogP contribution < -0.4 is 0 Å². The van der Waals surface area contributed by atoms with Crippen molar-refractivity contribution in [3.8, 4) is 0 Å². The van der Waals surface area contributed by atoms with E-state index in [0.29, 0.717) is 11.5 Å². The molecule has 0 heterocycles. The van der Waals surface area contributed by atoms with Crippen LogP contribution in [0.15, 0.2) is 0 Å². The Morgan fingerprint density at radius 1 is 1.19 bits per heavy atom.